The molecule has 122 valence electrons. The zero-order valence-corrected chi connectivity index (χ0v) is 12.8. The van der Waals surface area contributed by atoms with E-state index in [0.717, 1.165) is 0 Å². The fraction of sp³-hybridized carbons (Fsp3) is 0.235. The monoisotopic (exact) mass is 320 g/mol. The number of hydrogen-bond acceptors (Lipinski definition) is 2. The summed E-state index contributed by atoms with van der Waals surface area (Å²) in [5.41, 5.74) is 2.18. The number of hydrogen-bond donors (Lipinski definition) is 2. The predicted octanol–water partition coefficient (Wildman–Crippen LogP) is 5.06. The normalized spacial score (nSPS) is 10.7. The Kier molecular flexibility index (Phi) is 5.51. The van der Waals surface area contributed by atoms with Gasteiger partial charge in [-0.3, -0.25) is 0 Å². The van der Waals surface area contributed by atoms with E-state index in [9.17, 15) is 13.6 Å². The number of anilines is 2. The van der Waals surface area contributed by atoms with Crippen LogP contribution in [0.2, 0.25) is 0 Å². The van der Waals surface area contributed by atoms with Crippen LogP contribution >= 0.6 is 0 Å². The highest BCUT2D eigenvalue weighted by Crippen LogP contribution is 2.20. The molecule has 0 fully saturated rings. The van der Waals surface area contributed by atoms with E-state index < -0.39 is 12.6 Å². The largest absolute Gasteiger partial charge is 0.435 e. The second kappa shape index (κ2) is 7.58. The first-order chi connectivity index (χ1) is 10.9. The van der Waals surface area contributed by atoms with E-state index in [1.807, 2.05) is 24.3 Å². The summed E-state index contributed by atoms with van der Waals surface area (Å²) in [5, 5.41) is 5.24. The minimum Gasteiger partial charge on any atom is -0.435 e. The lowest BCUT2D eigenvalue weighted by molar-refractivity contribution is -0.0497. The summed E-state index contributed by atoms with van der Waals surface area (Å²) >= 11 is 0. The summed E-state index contributed by atoms with van der Waals surface area (Å²) in [4.78, 5) is 11.9. The molecule has 2 aromatic carbocycles. The maximum absolute atomic E-state index is 12.2. The van der Waals surface area contributed by atoms with Crippen LogP contribution in [-0.2, 0) is 0 Å². The first kappa shape index (κ1) is 16.7. The molecular formula is C17H18F2N2O2. The molecule has 2 rings (SSSR count). The van der Waals surface area contributed by atoms with Crippen molar-refractivity contribution < 1.29 is 18.3 Å². The van der Waals surface area contributed by atoms with Crippen LogP contribution in [0.25, 0.3) is 0 Å². The van der Waals surface area contributed by atoms with Gasteiger partial charge in [0.1, 0.15) is 5.75 Å². The highest BCUT2D eigenvalue weighted by atomic mass is 19.3. The van der Waals surface area contributed by atoms with Crippen molar-refractivity contribution in [3.8, 4) is 5.75 Å². The van der Waals surface area contributed by atoms with Crippen molar-refractivity contribution in [1.82, 2.24) is 0 Å². The van der Waals surface area contributed by atoms with E-state index in [2.05, 4.69) is 29.2 Å². The standard InChI is InChI=1S/C17H18F2N2O2/c1-11(2)12-6-8-13(9-7-12)20-17(22)21-14-4-3-5-15(10-14)23-16(18)19/h3-11,16H,1-2H3,(H2,20,21,22). The molecule has 0 atom stereocenters. The van der Waals surface area contributed by atoms with Gasteiger partial charge in [0.25, 0.3) is 0 Å². The van der Waals surface area contributed by atoms with Gasteiger partial charge in [0.05, 0.1) is 0 Å². The highest BCUT2D eigenvalue weighted by molar-refractivity contribution is 5.99. The zero-order chi connectivity index (χ0) is 16.8. The highest BCUT2D eigenvalue weighted by Gasteiger charge is 2.07. The van der Waals surface area contributed by atoms with Gasteiger partial charge in [-0.2, -0.15) is 8.78 Å². The van der Waals surface area contributed by atoms with Crippen LogP contribution in [-0.4, -0.2) is 12.6 Å². The van der Waals surface area contributed by atoms with Crippen molar-refractivity contribution in [2.45, 2.75) is 26.4 Å². The molecule has 0 aliphatic carbocycles. The van der Waals surface area contributed by atoms with Crippen molar-refractivity contribution in [2.75, 3.05) is 10.6 Å². The molecule has 2 N–H and O–H groups in total. The molecular weight excluding hydrogens is 302 g/mol. The average molecular weight is 320 g/mol. The number of alkyl halides is 2. The van der Waals surface area contributed by atoms with Gasteiger partial charge in [-0.05, 0) is 35.7 Å². The van der Waals surface area contributed by atoms with Crippen molar-refractivity contribution in [1.29, 1.82) is 0 Å². The molecule has 0 bridgehead atoms. The van der Waals surface area contributed by atoms with E-state index >= 15 is 0 Å². The number of ether oxygens (including phenoxy) is 1. The Morgan fingerprint density at radius 2 is 1.65 bits per heavy atom. The third kappa shape index (κ3) is 5.25. The predicted molar refractivity (Wildman–Crippen MR) is 86.2 cm³/mol. The Morgan fingerprint density at radius 1 is 1.00 bits per heavy atom. The lowest BCUT2D eigenvalue weighted by Gasteiger charge is -2.10. The number of nitrogens with one attached hydrogen (secondary N) is 2. The minimum absolute atomic E-state index is 0.0147. The average Bonchev–Trinajstić information content (AvgIpc) is 2.47. The van der Waals surface area contributed by atoms with Crippen molar-refractivity contribution in [3.63, 3.8) is 0 Å². The van der Waals surface area contributed by atoms with Crippen LogP contribution in [0.5, 0.6) is 5.75 Å². The summed E-state index contributed by atoms with van der Waals surface area (Å²) in [6.07, 6.45) is 0. The maximum Gasteiger partial charge on any atom is 0.387 e. The number of urea groups is 1. The Hall–Kier alpha value is -2.63. The van der Waals surface area contributed by atoms with Crippen molar-refractivity contribution >= 4 is 17.4 Å². The summed E-state index contributed by atoms with van der Waals surface area (Å²) in [5.74, 6) is 0.398. The van der Waals surface area contributed by atoms with Crippen LogP contribution in [0.4, 0.5) is 25.0 Å². The van der Waals surface area contributed by atoms with E-state index in [-0.39, 0.29) is 5.75 Å². The molecule has 0 saturated carbocycles. The van der Waals surface area contributed by atoms with Crippen LogP contribution in [0.1, 0.15) is 25.3 Å². The first-order valence-electron chi connectivity index (χ1n) is 7.17. The maximum atomic E-state index is 12.2. The second-order valence-electron chi connectivity index (χ2n) is 5.26. The second-order valence-corrected chi connectivity index (χ2v) is 5.26. The van der Waals surface area contributed by atoms with Gasteiger partial charge in [-0.1, -0.05) is 32.0 Å². The molecule has 0 saturated heterocycles. The molecule has 0 aliphatic rings. The lowest BCUT2D eigenvalue weighted by Crippen LogP contribution is -2.19. The quantitative estimate of drug-likeness (QED) is 0.809. The van der Waals surface area contributed by atoms with Crippen LogP contribution < -0.4 is 15.4 Å². The molecule has 0 aliphatic heterocycles. The van der Waals surface area contributed by atoms with Crippen LogP contribution in [0, 0.1) is 0 Å². The lowest BCUT2D eigenvalue weighted by atomic mass is 10.0. The van der Waals surface area contributed by atoms with Crippen molar-refractivity contribution in [3.05, 3.63) is 54.1 Å². The molecule has 0 unspecified atom stereocenters. The third-order valence-electron chi connectivity index (χ3n) is 3.15. The number of rotatable bonds is 5. The molecule has 0 heterocycles. The summed E-state index contributed by atoms with van der Waals surface area (Å²) in [6.45, 7) is 1.27. The molecule has 23 heavy (non-hydrogen) atoms. The molecule has 6 heteroatoms. The number of carbonyl (C=O) groups excluding carboxylic acids is 1. The minimum atomic E-state index is -2.90. The number of halogens is 2. The number of amides is 2. The topological polar surface area (TPSA) is 50.4 Å². The summed E-state index contributed by atoms with van der Waals surface area (Å²) in [6, 6.07) is 12.9. The first-order valence-corrected chi connectivity index (χ1v) is 7.17. The molecule has 2 amide bonds. The van der Waals surface area contributed by atoms with Crippen molar-refractivity contribution in [2.24, 2.45) is 0 Å². The van der Waals surface area contributed by atoms with Gasteiger partial charge in [0, 0.05) is 17.4 Å². The number of carbonyl (C=O) groups is 1. The number of benzene rings is 2. The van der Waals surface area contributed by atoms with E-state index in [1.165, 1.54) is 23.8 Å². The summed E-state index contributed by atoms with van der Waals surface area (Å²) in [7, 11) is 0. The Balaban J connectivity index is 1.96. The molecule has 0 spiro atoms. The van der Waals surface area contributed by atoms with Gasteiger partial charge in [0.2, 0.25) is 0 Å². The molecule has 2 aromatic rings. The van der Waals surface area contributed by atoms with Gasteiger partial charge in [-0.25, -0.2) is 4.79 Å². The molecule has 0 radical (unpaired) electrons. The zero-order valence-electron chi connectivity index (χ0n) is 12.8. The Morgan fingerprint density at radius 3 is 2.26 bits per heavy atom. The fourth-order valence-electron chi connectivity index (χ4n) is 1.99. The third-order valence-corrected chi connectivity index (χ3v) is 3.15. The van der Waals surface area contributed by atoms with Gasteiger partial charge < -0.3 is 15.4 Å². The van der Waals surface area contributed by atoms with E-state index in [0.29, 0.717) is 17.3 Å². The SMILES string of the molecule is CC(C)c1ccc(NC(=O)Nc2cccc(OC(F)F)c2)cc1. The fourth-order valence-corrected chi connectivity index (χ4v) is 1.99. The van der Waals surface area contributed by atoms with Crippen LogP contribution in [0.3, 0.4) is 0 Å². The smallest absolute Gasteiger partial charge is 0.387 e. The van der Waals surface area contributed by atoms with E-state index in [4.69, 9.17) is 0 Å². The molecule has 4 nitrogen and oxygen atoms in total. The van der Waals surface area contributed by atoms with Gasteiger partial charge >= 0.3 is 12.6 Å². The van der Waals surface area contributed by atoms with Gasteiger partial charge in [-0.15, -0.1) is 0 Å². The van der Waals surface area contributed by atoms with Crippen LogP contribution in [0.15, 0.2) is 48.5 Å². The van der Waals surface area contributed by atoms with E-state index in [1.54, 1.807) is 6.07 Å². The molecule has 0 aromatic heterocycles. The summed E-state index contributed by atoms with van der Waals surface area (Å²) < 4.78 is 28.6. The Labute approximate surface area is 133 Å². The van der Waals surface area contributed by atoms with Gasteiger partial charge in [0.15, 0.2) is 0 Å². The Bertz CT molecular complexity index is 658.